The number of carbonyl (C=O) groups is 2. The second-order valence-corrected chi connectivity index (χ2v) is 9.36. The lowest BCUT2D eigenvalue weighted by Gasteiger charge is -2.29. The number of carbonyl (C=O) groups excluding carboxylic acids is 2. The van der Waals surface area contributed by atoms with Gasteiger partial charge in [-0.05, 0) is 62.9 Å². The molecule has 1 heterocycles. The van der Waals surface area contributed by atoms with Crippen molar-refractivity contribution in [2.75, 3.05) is 13.7 Å². The van der Waals surface area contributed by atoms with E-state index in [0.29, 0.717) is 31.1 Å². The number of methoxy groups -OCH3 is 1. The average Bonchev–Trinajstić information content (AvgIpc) is 3.33. The molecule has 5 nitrogen and oxygen atoms in total. The van der Waals surface area contributed by atoms with Gasteiger partial charge in [0.25, 0.3) is 0 Å². The van der Waals surface area contributed by atoms with Crippen LogP contribution in [0.1, 0.15) is 77.6 Å². The molecule has 0 bridgehead atoms. The summed E-state index contributed by atoms with van der Waals surface area (Å²) < 4.78 is 17.0. The molecule has 3 rings (SSSR count). The normalized spacial score (nSPS) is 30.1. The van der Waals surface area contributed by atoms with Crippen molar-refractivity contribution < 1.29 is 23.8 Å². The summed E-state index contributed by atoms with van der Waals surface area (Å²) in [6.07, 6.45) is 20.7. The molecule has 1 unspecified atom stereocenters. The van der Waals surface area contributed by atoms with Crippen LogP contribution < -0.4 is 0 Å². The van der Waals surface area contributed by atoms with Gasteiger partial charge in [0, 0.05) is 25.4 Å². The summed E-state index contributed by atoms with van der Waals surface area (Å²) in [4.78, 5) is 23.7. The third-order valence-corrected chi connectivity index (χ3v) is 6.95. The maximum atomic E-state index is 12.4. The summed E-state index contributed by atoms with van der Waals surface area (Å²) in [5, 5.41) is 0. The Balaban J connectivity index is 1.60. The van der Waals surface area contributed by atoms with E-state index in [0.717, 1.165) is 58.0 Å². The van der Waals surface area contributed by atoms with Crippen molar-refractivity contribution in [3.63, 3.8) is 0 Å². The second kappa shape index (κ2) is 13.1. The third-order valence-electron chi connectivity index (χ3n) is 6.95. The quantitative estimate of drug-likeness (QED) is 0.220. The van der Waals surface area contributed by atoms with Crippen LogP contribution in [0.25, 0.3) is 0 Å². The summed E-state index contributed by atoms with van der Waals surface area (Å²) in [6, 6.07) is 0. The van der Waals surface area contributed by atoms with E-state index in [1.54, 1.807) is 0 Å². The molecule has 1 saturated heterocycles. The molecule has 0 aromatic carbocycles. The Bertz CT molecular complexity index is 701. The van der Waals surface area contributed by atoms with E-state index in [9.17, 15) is 9.59 Å². The zero-order chi connectivity index (χ0) is 22.8. The smallest absolute Gasteiger partial charge is 0.305 e. The van der Waals surface area contributed by atoms with Crippen molar-refractivity contribution in [3.05, 3.63) is 36.0 Å². The number of hydrogen-bond donors (Lipinski definition) is 0. The molecule has 2 fully saturated rings. The first-order valence-electron chi connectivity index (χ1n) is 12.5. The minimum absolute atomic E-state index is 0.105. The number of ether oxygens (including phenoxy) is 3. The Morgan fingerprint density at radius 1 is 1.22 bits per heavy atom. The highest BCUT2D eigenvalue weighted by Gasteiger charge is 2.45. The average molecular weight is 445 g/mol. The zero-order valence-corrected chi connectivity index (χ0v) is 19.8. The standard InChI is InChI=1S/C27H40O5/c1-3-4-5-11-22(28)14-15-23-24-18-20(10-6-7-12-26(29)30-2)17-21(24)19-25(23)32-27-13-8-9-16-31-27/h6,10,14-15,17,21,23-25,27H,3-5,7-9,11-13,16,18-19H2,1-2H3/t21-,23-,24+,25+,27?/m0/s1. The van der Waals surface area contributed by atoms with Crippen molar-refractivity contribution >= 4 is 11.8 Å². The fourth-order valence-corrected chi connectivity index (χ4v) is 5.19. The van der Waals surface area contributed by atoms with E-state index >= 15 is 0 Å². The summed E-state index contributed by atoms with van der Waals surface area (Å²) in [5.74, 6) is 1.21. The van der Waals surface area contributed by atoms with E-state index in [1.165, 1.54) is 12.7 Å². The van der Waals surface area contributed by atoms with Gasteiger partial charge in [-0.25, -0.2) is 0 Å². The van der Waals surface area contributed by atoms with Crippen molar-refractivity contribution in [1.82, 2.24) is 0 Å². The van der Waals surface area contributed by atoms with Crippen LogP contribution in [-0.2, 0) is 23.8 Å². The van der Waals surface area contributed by atoms with Gasteiger partial charge in [0.15, 0.2) is 12.1 Å². The lowest BCUT2D eigenvalue weighted by atomic mass is 9.89. The third kappa shape index (κ3) is 7.41. The molecule has 1 aliphatic heterocycles. The van der Waals surface area contributed by atoms with E-state index in [4.69, 9.17) is 14.2 Å². The maximum absolute atomic E-state index is 12.4. The molecule has 0 amide bonds. The molecule has 5 atom stereocenters. The minimum atomic E-state index is -0.175. The van der Waals surface area contributed by atoms with Crippen LogP contribution >= 0.6 is 0 Å². The Kier molecular flexibility index (Phi) is 10.2. The highest BCUT2D eigenvalue weighted by atomic mass is 16.7. The Morgan fingerprint density at radius 3 is 2.84 bits per heavy atom. The van der Waals surface area contributed by atoms with Crippen LogP contribution in [-0.4, -0.2) is 37.9 Å². The number of ketones is 1. The lowest BCUT2D eigenvalue weighted by molar-refractivity contribution is -0.192. The zero-order valence-electron chi connectivity index (χ0n) is 19.8. The number of fused-ring (bicyclic) bond motifs is 1. The summed E-state index contributed by atoms with van der Waals surface area (Å²) in [6.45, 7) is 2.93. The van der Waals surface area contributed by atoms with E-state index < -0.39 is 0 Å². The molecular weight excluding hydrogens is 404 g/mol. The molecule has 0 radical (unpaired) electrons. The van der Waals surface area contributed by atoms with Gasteiger partial charge in [-0.3, -0.25) is 9.59 Å². The molecule has 32 heavy (non-hydrogen) atoms. The monoisotopic (exact) mass is 444 g/mol. The molecule has 0 aromatic rings. The summed E-state index contributed by atoms with van der Waals surface area (Å²) in [7, 11) is 1.42. The van der Waals surface area contributed by atoms with Gasteiger partial charge in [-0.15, -0.1) is 0 Å². The number of rotatable bonds is 12. The SMILES string of the molecule is CCCCCC(=O)C=C[C@H]1[C@@H]2CC(C=CCCC(=O)OC)=C[C@H]2C[C@H]1OC1CCCCO1. The van der Waals surface area contributed by atoms with Gasteiger partial charge in [-0.2, -0.15) is 0 Å². The number of unbranched alkanes of at least 4 members (excludes halogenated alkanes) is 2. The second-order valence-electron chi connectivity index (χ2n) is 9.36. The Hall–Kier alpha value is -1.72. The first-order chi connectivity index (χ1) is 15.6. The molecule has 0 spiro atoms. The minimum Gasteiger partial charge on any atom is -0.469 e. The van der Waals surface area contributed by atoms with Crippen LogP contribution in [0, 0.1) is 17.8 Å². The van der Waals surface area contributed by atoms with E-state index in [2.05, 4.69) is 31.2 Å². The molecule has 0 aromatic heterocycles. The van der Waals surface area contributed by atoms with Gasteiger partial charge in [0.2, 0.25) is 0 Å². The van der Waals surface area contributed by atoms with Crippen LogP contribution in [0.5, 0.6) is 0 Å². The Morgan fingerprint density at radius 2 is 2.09 bits per heavy atom. The Labute approximate surface area is 193 Å². The largest absolute Gasteiger partial charge is 0.469 e. The molecular formula is C27H40O5. The number of allylic oxidation sites excluding steroid dienone is 5. The molecule has 0 N–H and O–H groups in total. The lowest BCUT2D eigenvalue weighted by Crippen LogP contribution is -2.30. The van der Waals surface area contributed by atoms with Crippen molar-refractivity contribution in [2.45, 2.75) is 89.9 Å². The van der Waals surface area contributed by atoms with Crippen LogP contribution in [0.4, 0.5) is 0 Å². The molecule has 178 valence electrons. The van der Waals surface area contributed by atoms with Crippen molar-refractivity contribution in [2.24, 2.45) is 17.8 Å². The summed E-state index contributed by atoms with van der Waals surface area (Å²) in [5.41, 5.74) is 1.32. The van der Waals surface area contributed by atoms with Gasteiger partial charge < -0.3 is 14.2 Å². The van der Waals surface area contributed by atoms with Gasteiger partial charge in [0.1, 0.15) is 0 Å². The predicted molar refractivity (Wildman–Crippen MR) is 125 cm³/mol. The first kappa shape index (κ1) is 24.9. The fraction of sp³-hybridized carbons (Fsp3) is 0.704. The molecule has 1 saturated carbocycles. The molecule has 3 aliphatic rings. The maximum Gasteiger partial charge on any atom is 0.305 e. The van der Waals surface area contributed by atoms with Gasteiger partial charge >= 0.3 is 5.97 Å². The molecule has 2 aliphatic carbocycles. The topological polar surface area (TPSA) is 61.8 Å². The van der Waals surface area contributed by atoms with E-state index in [-0.39, 0.29) is 30.1 Å². The van der Waals surface area contributed by atoms with Crippen LogP contribution in [0.15, 0.2) is 36.0 Å². The number of esters is 1. The van der Waals surface area contributed by atoms with Crippen LogP contribution in [0.2, 0.25) is 0 Å². The first-order valence-corrected chi connectivity index (χ1v) is 12.5. The van der Waals surface area contributed by atoms with E-state index in [1.807, 2.05) is 6.08 Å². The predicted octanol–water partition coefficient (Wildman–Crippen LogP) is 5.70. The number of hydrogen-bond acceptors (Lipinski definition) is 5. The van der Waals surface area contributed by atoms with Crippen LogP contribution in [0.3, 0.4) is 0 Å². The fourth-order valence-electron chi connectivity index (χ4n) is 5.19. The highest BCUT2D eigenvalue weighted by Crippen LogP contribution is 2.49. The van der Waals surface area contributed by atoms with Crippen molar-refractivity contribution in [1.29, 1.82) is 0 Å². The molecule has 5 heteroatoms. The van der Waals surface area contributed by atoms with Crippen molar-refractivity contribution in [3.8, 4) is 0 Å². The highest BCUT2D eigenvalue weighted by molar-refractivity contribution is 5.89. The van der Waals surface area contributed by atoms with Gasteiger partial charge in [-0.1, -0.05) is 49.6 Å². The summed E-state index contributed by atoms with van der Waals surface area (Å²) >= 11 is 0. The van der Waals surface area contributed by atoms with Gasteiger partial charge in [0.05, 0.1) is 13.2 Å².